The highest BCUT2D eigenvalue weighted by Crippen LogP contribution is 2.43. The number of nitrogens with zero attached hydrogens (tertiary/aromatic N) is 1. The van der Waals surface area contributed by atoms with E-state index in [-0.39, 0.29) is 0 Å². The van der Waals surface area contributed by atoms with Crippen molar-refractivity contribution in [3.8, 4) is 55.8 Å². The van der Waals surface area contributed by atoms with E-state index in [1.807, 2.05) is 12.1 Å². The summed E-state index contributed by atoms with van der Waals surface area (Å²) in [7, 11) is 0. The smallest absolute Gasteiger partial charge is 0.143 e. The zero-order chi connectivity index (χ0) is 39.8. The van der Waals surface area contributed by atoms with Crippen LogP contribution in [-0.2, 0) is 0 Å². The van der Waals surface area contributed by atoms with Crippen LogP contribution in [0, 0.1) is 0 Å². The standard InChI is InChI=1S/C58H39NO/c1-2-14-46(15-3-1)57-54-21-8-9-23-56(54)60-58(57)50-19-10-18-48(39-50)43-26-24-41(25-27-43)42-30-34-51(35-31-42)59(55-22-11-17-45-13-6-7-20-53(45)55)52-36-32-44(33-37-52)49-29-28-40-12-4-5-16-47(40)38-49/h1-39H. The van der Waals surface area contributed by atoms with Crippen molar-refractivity contribution in [1.29, 1.82) is 0 Å². The molecule has 2 nitrogen and oxygen atoms in total. The minimum atomic E-state index is 0.888. The molecule has 11 rings (SSSR count). The third-order valence-electron chi connectivity index (χ3n) is 11.7. The fourth-order valence-electron chi connectivity index (χ4n) is 8.64. The Balaban J connectivity index is 0.908. The van der Waals surface area contributed by atoms with Crippen molar-refractivity contribution in [2.45, 2.75) is 0 Å². The van der Waals surface area contributed by atoms with Gasteiger partial charge in [-0.1, -0.05) is 188 Å². The van der Waals surface area contributed by atoms with E-state index in [0.29, 0.717) is 0 Å². The highest BCUT2D eigenvalue weighted by atomic mass is 16.3. The zero-order valence-corrected chi connectivity index (χ0v) is 32.9. The first-order valence-electron chi connectivity index (χ1n) is 20.5. The topological polar surface area (TPSA) is 16.4 Å². The molecule has 0 N–H and O–H groups in total. The third kappa shape index (κ3) is 6.51. The van der Waals surface area contributed by atoms with Crippen molar-refractivity contribution in [1.82, 2.24) is 0 Å². The van der Waals surface area contributed by atoms with Crippen molar-refractivity contribution in [3.63, 3.8) is 0 Å². The number of rotatable bonds is 8. The molecule has 0 aliphatic heterocycles. The normalized spacial score (nSPS) is 11.3. The second-order valence-corrected chi connectivity index (χ2v) is 15.3. The molecule has 2 heteroatoms. The lowest BCUT2D eigenvalue weighted by molar-refractivity contribution is 0.632. The molecule has 0 saturated carbocycles. The van der Waals surface area contributed by atoms with Crippen LogP contribution >= 0.6 is 0 Å². The highest BCUT2D eigenvalue weighted by Gasteiger charge is 2.19. The Morgan fingerprint density at radius 3 is 1.48 bits per heavy atom. The van der Waals surface area contributed by atoms with Gasteiger partial charge in [0, 0.05) is 33.3 Å². The number of hydrogen-bond acceptors (Lipinski definition) is 2. The van der Waals surface area contributed by atoms with Gasteiger partial charge in [-0.2, -0.15) is 0 Å². The summed E-state index contributed by atoms with van der Waals surface area (Å²) in [6, 6.07) is 84.7. The SMILES string of the molecule is c1ccc(-c2c(-c3cccc(-c4ccc(-c5ccc(N(c6ccc(-c7ccc8ccccc8c7)cc6)c6cccc7ccccc67)cc5)cc4)c3)oc3ccccc23)cc1. The van der Waals surface area contributed by atoms with Gasteiger partial charge in [0.15, 0.2) is 0 Å². The average Bonchev–Trinajstić information content (AvgIpc) is 3.72. The molecule has 60 heavy (non-hydrogen) atoms. The maximum absolute atomic E-state index is 6.54. The largest absolute Gasteiger partial charge is 0.455 e. The Morgan fingerprint density at radius 2 is 0.767 bits per heavy atom. The molecule has 1 heterocycles. The molecule has 0 fully saturated rings. The quantitative estimate of drug-likeness (QED) is 0.153. The summed E-state index contributed by atoms with van der Waals surface area (Å²) in [5.41, 5.74) is 14.6. The Hall–Kier alpha value is -7.94. The molecule has 0 bridgehead atoms. The monoisotopic (exact) mass is 765 g/mol. The molecular weight excluding hydrogens is 727 g/mol. The van der Waals surface area contributed by atoms with Crippen LogP contribution < -0.4 is 4.90 Å². The van der Waals surface area contributed by atoms with Crippen molar-refractivity contribution in [2.75, 3.05) is 4.90 Å². The Bertz CT molecular complexity index is 3280. The number of benzene rings is 10. The highest BCUT2D eigenvalue weighted by molar-refractivity contribution is 6.02. The van der Waals surface area contributed by atoms with Crippen LogP contribution in [0.3, 0.4) is 0 Å². The van der Waals surface area contributed by atoms with E-state index in [2.05, 4.69) is 229 Å². The first kappa shape index (κ1) is 35.2. The van der Waals surface area contributed by atoms with Gasteiger partial charge in [0.1, 0.15) is 11.3 Å². The van der Waals surface area contributed by atoms with Gasteiger partial charge in [0.2, 0.25) is 0 Å². The van der Waals surface area contributed by atoms with E-state index in [0.717, 1.165) is 61.6 Å². The van der Waals surface area contributed by atoms with Gasteiger partial charge in [-0.25, -0.2) is 0 Å². The Kier molecular flexibility index (Phi) is 8.87. The van der Waals surface area contributed by atoms with Gasteiger partial charge < -0.3 is 9.32 Å². The molecule has 0 unspecified atom stereocenters. The van der Waals surface area contributed by atoms with Crippen LogP contribution in [0.4, 0.5) is 17.1 Å². The van der Waals surface area contributed by atoms with E-state index >= 15 is 0 Å². The molecule has 0 atom stereocenters. The lowest BCUT2D eigenvalue weighted by Gasteiger charge is -2.27. The Morgan fingerprint density at radius 1 is 0.283 bits per heavy atom. The van der Waals surface area contributed by atoms with Gasteiger partial charge >= 0.3 is 0 Å². The third-order valence-corrected chi connectivity index (χ3v) is 11.7. The Labute approximate surface area is 349 Å². The lowest BCUT2D eigenvalue weighted by Crippen LogP contribution is -2.10. The summed E-state index contributed by atoms with van der Waals surface area (Å²) in [5, 5.41) is 6.04. The van der Waals surface area contributed by atoms with E-state index in [9.17, 15) is 0 Å². The van der Waals surface area contributed by atoms with Gasteiger partial charge in [-0.3, -0.25) is 0 Å². The van der Waals surface area contributed by atoms with E-state index in [1.54, 1.807) is 0 Å². The molecule has 0 spiro atoms. The van der Waals surface area contributed by atoms with Crippen LogP contribution in [0.15, 0.2) is 241 Å². The summed E-state index contributed by atoms with van der Waals surface area (Å²) >= 11 is 0. The molecule has 282 valence electrons. The first-order valence-corrected chi connectivity index (χ1v) is 20.5. The molecule has 11 aromatic rings. The van der Waals surface area contributed by atoms with Crippen LogP contribution in [0.2, 0.25) is 0 Å². The van der Waals surface area contributed by atoms with Crippen molar-refractivity contribution >= 4 is 49.6 Å². The molecular formula is C58H39NO. The van der Waals surface area contributed by atoms with Crippen LogP contribution in [0.25, 0.3) is 88.3 Å². The van der Waals surface area contributed by atoms with E-state index < -0.39 is 0 Å². The molecule has 0 aliphatic rings. The van der Waals surface area contributed by atoms with Gasteiger partial charge in [0.05, 0.1) is 5.69 Å². The maximum Gasteiger partial charge on any atom is 0.143 e. The number of furan rings is 1. The molecule has 10 aromatic carbocycles. The molecule has 0 aliphatic carbocycles. The number of hydrogen-bond donors (Lipinski definition) is 0. The first-order chi connectivity index (χ1) is 29.7. The predicted octanol–water partition coefficient (Wildman–Crippen LogP) is 16.5. The van der Waals surface area contributed by atoms with Gasteiger partial charge in [0.25, 0.3) is 0 Å². The molecule has 0 radical (unpaired) electrons. The van der Waals surface area contributed by atoms with Crippen molar-refractivity contribution in [2.24, 2.45) is 0 Å². The summed E-state index contributed by atoms with van der Waals surface area (Å²) in [5.74, 6) is 0.888. The molecule has 1 aromatic heterocycles. The summed E-state index contributed by atoms with van der Waals surface area (Å²) in [6.45, 7) is 0. The van der Waals surface area contributed by atoms with Gasteiger partial charge in [-0.15, -0.1) is 0 Å². The van der Waals surface area contributed by atoms with E-state index in [4.69, 9.17) is 4.42 Å². The summed E-state index contributed by atoms with van der Waals surface area (Å²) in [6.07, 6.45) is 0. The van der Waals surface area contributed by atoms with E-state index in [1.165, 1.54) is 43.8 Å². The van der Waals surface area contributed by atoms with Crippen LogP contribution in [-0.4, -0.2) is 0 Å². The van der Waals surface area contributed by atoms with Gasteiger partial charge in [-0.05, 0) is 104 Å². The summed E-state index contributed by atoms with van der Waals surface area (Å²) < 4.78 is 6.54. The number of anilines is 3. The lowest BCUT2D eigenvalue weighted by atomic mass is 9.95. The minimum Gasteiger partial charge on any atom is -0.455 e. The van der Waals surface area contributed by atoms with Crippen molar-refractivity contribution in [3.05, 3.63) is 237 Å². The second kappa shape index (κ2) is 15.1. The maximum atomic E-state index is 6.54. The predicted molar refractivity (Wildman–Crippen MR) is 253 cm³/mol. The minimum absolute atomic E-state index is 0.888. The fraction of sp³-hybridized carbons (Fsp3) is 0. The summed E-state index contributed by atoms with van der Waals surface area (Å²) in [4.78, 5) is 2.37. The second-order valence-electron chi connectivity index (χ2n) is 15.3. The van der Waals surface area contributed by atoms with Crippen LogP contribution in [0.1, 0.15) is 0 Å². The van der Waals surface area contributed by atoms with Crippen LogP contribution in [0.5, 0.6) is 0 Å². The number of para-hydroxylation sites is 1. The fourth-order valence-corrected chi connectivity index (χ4v) is 8.64. The molecule has 0 amide bonds. The van der Waals surface area contributed by atoms with Crippen molar-refractivity contribution < 1.29 is 4.42 Å². The number of fused-ring (bicyclic) bond motifs is 3. The average molecular weight is 766 g/mol. The molecule has 0 saturated heterocycles. The zero-order valence-electron chi connectivity index (χ0n) is 32.9.